The molecule has 0 saturated carbocycles. The summed E-state index contributed by atoms with van der Waals surface area (Å²) in [6, 6.07) is 8.30. The van der Waals surface area contributed by atoms with Crippen LogP contribution in [0.25, 0.3) is 5.52 Å². The van der Waals surface area contributed by atoms with Gasteiger partial charge in [-0.05, 0) is 18.2 Å². The summed E-state index contributed by atoms with van der Waals surface area (Å²) in [6.45, 7) is 0. The van der Waals surface area contributed by atoms with Crippen molar-refractivity contribution in [3.63, 3.8) is 0 Å². The lowest BCUT2D eigenvalue weighted by atomic mass is 10.3. The van der Waals surface area contributed by atoms with Crippen molar-refractivity contribution >= 4 is 11.2 Å². The van der Waals surface area contributed by atoms with E-state index in [0.717, 1.165) is 0 Å². The molecule has 2 rings (SSSR count). The third-order valence-corrected chi connectivity index (χ3v) is 2.08. The van der Waals surface area contributed by atoms with Gasteiger partial charge in [-0.2, -0.15) is 0 Å². The first-order chi connectivity index (χ1) is 6.74. The minimum absolute atomic E-state index is 0.147. The highest BCUT2D eigenvalue weighted by atomic mass is 16.5. The summed E-state index contributed by atoms with van der Waals surface area (Å²) in [6.07, 6.45) is 0. The number of rotatable bonds is 1. The topological polar surface area (TPSA) is 56.7 Å². The number of fused-ring (bicyclic) bond motifs is 1. The van der Waals surface area contributed by atoms with Crippen LogP contribution in [0.5, 0.6) is 5.88 Å². The van der Waals surface area contributed by atoms with Crippen LogP contribution < -0.4 is 16.0 Å². The van der Waals surface area contributed by atoms with Crippen LogP contribution in [0.2, 0.25) is 0 Å². The molecule has 2 aromatic rings. The number of hydrogen-bond acceptors (Lipinski definition) is 3. The number of aromatic nitrogens is 1. The third-order valence-electron chi connectivity index (χ3n) is 2.08. The largest absolute Gasteiger partial charge is 0.482 e. The molecule has 2 N–H and O–H groups in total. The van der Waals surface area contributed by atoms with Gasteiger partial charge in [0.25, 0.3) is 5.56 Å². The Morgan fingerprint density at radius 3 is 2.79 bits per heavy atom. The molecule has 0 bridgehead atoms. The van der Waals surface area contributed by atoms with E-state index in [0.29, 0.717) is 17.1 Å². The van der Waals surface area contributed by atoms with E-state index in [1.54, 1.807) is 24.3 Å². The van der Waals surface area contributed by atoms with Gasteiger partial charge in [-0.15, -0.1) is 0 Å². The van der Waals surface area contributed by atoms with E-state index in [9.17, 15) is 4.79 Å². The average Bonchev–Trinajstić information content (AvgIpc) is 2.23. The summed E-state index contributed by atoms with van der Waals surface area (Å²) in [4.78, 5) is 11.5. The first kappa shape index (κ1) is 8.62. The lowest BCUT2D eigenvalue weighted by Crippen LogP contribution is -2.14. The van der Waals surface area contributed by atoms with Crippen LogP contribution in [0, 0.1) is 0 Å². The van der Waals surface area contributed by atoms with Crippen molar-refractivity contribution in [3.8, 4) is 5.88 Å². The highest BCUT2D eigenvalue weighted by Crippen LogP contribution is 2.16. The Bertz CT molecular complexity index is 531. The molecule has 0 saturated heterocycles. The molecule has 0 aliphatic carbocycles. The van der Waals surface area contributed by atoms with Gasteiger partial charge < -0.3 is 10.5 Å². The fourth-order valence-electron chi connectivity index (χ4n) is 1.42. The van der Waals surface area contributed by atoms with Crippen molar-refractivity contribution in [2.24, 2.45) is 0 Å². The molecule has 2 heterocycles. The van der Waals surface area contributed by atoms with Crippen LogP contribution in [0.15, 0.2) is 35.1 Å². The molecule has 0 spiro atoms. The molecule has 0 aromatic carbocycles. The number of nitrogen functional groups attached to an aromatic ring is 1. The second-order valence-electron chi connectivity index (χ2n) is 2.92. The van der Waals surface area contributed by atoms with Gasteiger partial charge in [0.1, 0.15) is 0 Å². The molecule has 4 heteroatoms. The molecule has 0 aliphatic rings. The second-order valence-corrected chi connectivity index (χ2v) is 2.92. The van der Waals surface area contributed by atoms with Crippen molar-refractivity contribution in [1.29, 1.82) is 0 Å². The Kier molecular flexibility index (Phi) is 1.89. The molecule has 72 valence electrons. The van der Waals surface area contributed by atoms with Crippen molar-refractivity contribution in [3.05, 3.63) is 40.7 Å². The second kappa shape index (κ2) is 3.06. The van der Waals surface area contributed by atoms with Gasteiger partial charge in [-0.25, -0.2) is 4.40 Å². The number of hydrogen-bond donors (Lipinski definition) is 1. The Morgan fingerprint density at radius 1 is 1.29 bits per heavy atom. The zero-order valence-electron chi connectivity index (χ0n) is 7.73. The van der Waals surface area contributed by atoms with Crippen molar-refractivity contribution in [2.75, 3.05) is 12.8 Å². The Balaban J connectivity index is 2.99. The Hall–Kier alpha value is -1.97. The maximum atomic E-state index is 11.5. The summed E-state index contributed by atoms with van der Waals surface area (Å²) in [5.41, 5.74) is 6.81. The summed E-state index contributed by atoms with van der Waals surface area (Å²) in [7, 11) is 1.52. The molecular formula is C10H10N2O2. The van der Waals surface area contributed by atoms with Crippen molar-refractivity contribution in [2.45, 2.75) is 0 Å². The van der Waals surface area contributed by atoms with E-state index in [2.05, 4.69) is 0 Å². The molecule has 0 aliphatic heterocycles. The van der Waals surface area contributed by atoms with E-state index >= 15 is 0 Å². The van der Waals surface area contributed by atoms with Gasteiger partial charge in [-0.1, -0.05) is 6.07 Å². The zero-order chi connectivity index (χ0) is 10.1. The van der Waals surface area contributed by atoms with Crippen LogP contribution in [-0.2, 0) is 0 Å². The molecule has 0 amide bonds. The minimum atomic E-state index is -0.147. The quantitative estimate of drug-likeness (QED) is 0.726. The monoisotopic (exact) mass is 190 g/mol. The van der Waals surface area contributed by atoms with Gasteiger partial charge in [0.15, 0.2) is 0 Å². The van der Waals surface area contributed by atoms with E-state index in [4.69, 9.17) is 10.5 Å². The predicted molar refractivity (Wildman–Crippen MR) is 54.6 cm³/mol. The van der Waals surface area contributed by atoms with E-state index < -0.39 is 0 Å². The van der Waals surface area contributed by atoms with Gasteiger partial charge in [-0.3, -0.25) is 4.79 Å². The Morgan fingerprint density at radius 2 is 2.07 bits per heavy atom. The van der Waals surface area contributed by atoms with Crippen LogP contribution in [-0.4, -0.2) is 11.5 Å². The number of nitrogens with zero attached hydrogens (tertiary/aromatic N) is 1. The molecule has 4 nitrogen and oxygen atoms in total. The van der Waals surface area contributed by atoms with Gasteiger partial charge in [0, 0.05) is 6.07 Å². The molecule has 0 atom stereocenters. The molecular weight excluding hydrogens is 180 g/mol. The zero-order valence-corrected chi connectivity index (χ0v) is 7.73. The number of nitrogens with two attached hydrogens (primary N) is 1. The lowest BCUT2D eigenvalue weighted by molar-refractivity contribution is 0.390. The predicted octanol–water partition coefficient (Wildman–Crippen LogP) is 0.890. The maximum Gasteiger partial charge on any atom is 0.258 e. The van der Waals surface area contributed by atoms with Gasteiger partial charge in [0.2, 0.25) is 5.88 Å². The fraction of sp³-hybridized carbons (Fsp3) is 0.100. The van der Waals surface area contributed by atoms with E-state index in [1.165, 1.54) is 17.6 Å². The number of ether oxygens (including phenoxy) is 1. The van der Waals surface area contributed by atoms with Crippen LogP contribution >= 0.6 is 0 Å². The van der Waals surface area contributed by atoms with Crippen LogP contribution in [0.3, 0.4) is 0 Å². The van der Waals surface area contributed by atoms with Crippen LogP contribution in [0.1, 0.15) is 0 Å². The Labute approximate surface area is 80.5 Å². The standard InChI is InChI=1S/C10H10N2O2/c1-14-10-4-2-3-8-7(11)5-6-9(13)12(8)10/h2-6H,11H2,1H3. The first-order valence-electron chi connectivity index (χ1n) is 4.18. The van der Waals surface area contributed by atoms with E-state index in [1.807, 2.05) is 0 Å². The summed E-state index contributed by atoms with van der Waals surface area (Å²) >= 11 is 0. The summed E-state index contributed by atoms with van der Waals surface area (Å²) in [5, 5.41) is 0. The molecule has 0 unspecified atom stereocenters. The molecule has 2 aromatic heterocycles. The van der Waals surface area contributed by atoms with Crippen molar-refractivity contribution in [1.82, 2.24) is 4.40 Å². The fourth-order valence-corrected chi connectivity index (χ4v) is 1.42. The van der Waals surface area contributed by atoms with Gasteiger partial charge >= 0.3 is 0 Å². The normalized spacial score (nSPS) is 10.4. The summed E-state index contributed by atoms with van der Waals surface area (Å²) in [5.74, 6) is 0.486. The minimum Gasteiger partial charge on any atom is -0.482 e. The van der Waals surface area contributed by atoms with E-state index in [-0.39, 0.29) is 5.56 Å². The molecule has 0 radical (unpaired) electrons. The lowest BCUT2D eigenvalue weighted by Gasteiger charge is -2.07. The number of pyridine rings is 2. The third kappa shape index (κ3) is 1.12. The highest BCUT2D eigenvalue weighted by Gasteiger charge is 2.03. The van der Waals surface area contributed by atoms with Gasteiger partial charge in [0.05, 0.1) is 18.3 Å². The summed E-state index contributed by atoms with van der Waals surface area (Å²) < 4.78 is 6.51. The molecule has 14 heavy (non-hydrogen) atoms. The molecule has 0 fully saturated rings. The number of anilines is 1. The first-order valence-corrected chi connectivity index (χ1v) is 4.18. The SMILES string of the molecule is COc1cccc2c(N)ccc(=O)n12. The van der Waals surface area contributed by atoms with Crippen LogP contribution in [0.4, 0.5) is 5.69 Å². The number of methoxy groups -OCH3 is 1. The highest BCUT2D eigenvalue weighted by molar-refractivity contribution is 5.69. The average molecular weight is 190 g/mol. The van der Waals surface area contributed by atoms with Crippen molar-refractivity contribution < 1.29 is 4.74 Å². The maximum absolute atomic E-state index is 11.5. The smallest absolute Gasteiger partial charge is 0.258 e.